The average molecular weight is 282 g/mol. The lowest BCUT2D eigenvalue weighted by Gasteiger charge is -2.23. The molecule has 0 saturated heterocycles. The molecule has 112 valence electrons. The molecule has 0 aliphatic rings. The van der Waals surface area contributed by atoms with Gasteiger partial charge in [0.25, 0.3) is 0 Å². The molecule has 2 aromatic rings. The number of hydrogen-bond donors (Lipinski definition) is 1. The van der Waals surface area contributed by atoms with Crippen LogP contribution in [0, 0.1) is 20.8 Å². The van der Waals surface area contributed by atoms with Crippen LogP contribution >= 0.6 is 0 Å². The SMILES string of the molecule is Cc1cc(C)cc(C(N)CN(C)Cc2ccccc2C)c1. The molecule has 2 heteroatoms. The number of benzene rings is 2. The third-order valence-electron chi connectivity index (χ3n) is 3.88. The normalized spacial score (nSPS) is 12.7. The van der Waals surface area contributed by atoms with Gasteiger partial charge in [0, 0.05) is 19.1 Å². The summed E-state index contributed by atoms with van der Waals surface area (Å²) in [6, 6.07) is 15.2. The lowest BCUT2D eigenvalue weighted by Crippen LogP contribution is -2.29. The molecule has 2 N–H and O–H groups in total. The second-order valence-corrected chi connectivity index (χ2v) is 6.15. The maximum Gasteiger partial charge on any atom is 0.0424 e. The van der Waals surface area contributed by atoms with E-state index in [1.54, 1.807) is 0 Å². The molecule has 0 spiro atoms. The summed E-state index contributed by atoms with van der Waals surface area (Å²) in [5.74, 6) is 0. The van der Waals surface area contributed by atoms with Crippen molar-refractivity contribution in [3.8, 4) is 0 Å². The largest absolute Gasteiger partial charge is 0.323 e. The molecule has 0 aliphatic heterocycles. The molecule has 2 rings (SSSR count). The Labute approximate surface area is 128 Å². The first kappa shape index (κ1) is 15.7. The van der Waals surface area contributed by atoms with Gasteiger partial charge in [0.05, 0.1) is 0 Å². The third kappa shape index (κ3) is 4.42. The second kappa shape index (κ2) is 6.88. The molecule has 1 atom stereocenters. The van der Waals surface area contributed by atoms with Gasteiger partial charge in [-0.25, -0.2) is 0 Å². The highest BCUT2D eigenvalue weighted by molar-refractivity contribution is 5.31. The molecule has 0 radical (unpaired) electrons. The summed E-state index contributed by atoms with van der Waals surface area (Å²) in [5, 5.41) is 0. The van der Waals surface area contributed by atoms with E-state index < -0.39 is 0 Å². The molecular weight excluding hydrogens is 256 g/mol. The van der Waals surface area contributed by atoms with E-state index in [4.69, 9.17) is 5.73 Å². The van der Waals surface area contributed by atoms with E-state index in [9.17, 15) is 0 Å². The molecule has 0 aromatic heterocycles. The Morgan fingerprint density at radius 1 is 1.00 bits per heavy atom. The minimum Gasteiger partial charge on any atom is -0.323 e. The van der Waals surface area contributed by atoms with Gasteiger partial charge in [-0.2, -0.15) is 0 Å². The Bertz CT molecular complexity index is 584. The van der Waals surface area contributed by atoms with Gasteiger partial charge in [-0.1, -0.05) is 53.6 Å². The zero-order chi connectivity index (χ0) is 15.4. The van der Waals surface area contributed by atoms with E-state index in [-0.39, 0.29) is 6.04 Å². The number of nitrogens with two attached hydrogens (primary N) is 1. The van der Waals surface area contributed by atoms with Gasteiger partial charge >= 0.3 is 0 Å². The molecule has 21 heavy (non-hydrogen) atoms. The Morgan fingerprint density at radius 3 is 2.24 bits per heavy atom. The minimum atomic E-state index is 0.0534. The van der Waals surface area contributed by atoms with Crippen LogP contribution in [0.15, 0.2) is 42.5 Å². The van der Waals surface area contributed by atoms with Gasteiger partial charge < -0.3 is 10.6 Å². The quantitative estimate of drug-likeness (QED) is 0.905. The summed E-state index contributed by atoms with van der Waals surface area (Å²) >= 11 is 0. The van der Waals surface area contributed by atoms with Crippen molar-refractivity contribution in [3.63, 3.8) is 0 Å². The molecule has 2 nitrogen and oxygen atoms in total. The number of nitrogens with zero attached hydrogens (tertiary/aromatic N) is 1. The van der Waals surface area contributed by atoms with Crippen molar-refractivity contribution >= 4 is 0 Å². The Hall–Kier alpha value is -1.64. The minimum absolute atomic E-state index is 0.0534. The second-order valence-electron chi connectivity index (χ2n) is 6.15. The summed E-state index contributed by atoms with van der Waals surface area (Å²) < 4.78 is 0. The van der Waals surface area contributed by atoms with Crippen molar-refractivity contribution in [1.29, 1.82) is 0 Å². The molecule has 0 aliphatic carbocycles. The van der Waals surface area contributed by atoms with E-state index in [0.717, 1.165) is 13.1 Å². The van der Waals surface area contributed by atoms with Crippen molar-refractivity contribution in [2.45, 2.75) is 33.4 Å². The first-order valence-corrected chi connectivity index (χ1v) is 7.52. The Morgan fingerprint density at radius 2 is 1.62 bits per heavy atom. The van der Waals surface area contributed by atoms with Crippen LogP contribution in [0.25, 0.3) is 0 Å². The lowest BCUT2D eigenvalue weighted by molar-refractivity contribution is 0.304. The Kier molecular flexibility index (Phi) is 5.16. The van der Waals surface area contributed by atoms with Crippen LogP contribution < -0.4 is 5.73 Å². The van der Waals surface area contributed by atoms with Crippen LogP contribution in [0.3, 0.4) is 0 Å². The lowest BCUT2D eigenvalue weighted by atomic mass is 10.0. The van der Waals surface area contributed by atoms with Crippen molar-refractivity contribution < 1.29 is 0 Å². The molecule has 2 aromatic carbocycles. The molecule has 0 saturated carbocycles. The zero-order valence-corrected chi connectivity index (χ0v) is 13.6. The van der Waals surface area contributed by atoms with Crippen LogP contribution in [0.5, 0.6) is 0 Å². The Balaban J connectivity index is 2.02. The first-order chi connectivity index (χ1) is 9.95. The number of aryl methyl sites for hydroxylation is 3. The van der Waals surface area contributed by atoms with Crippen molar-refractivity contribution in [3.05, 3.63) is 70.3 Å². The molecule has 0 bridgehead atoms. The highest BCUT2D eigenvalue weighted by Crippen LogP contribution is 2.17. The van der Waals surface area contributed by atoms with Gasteiger partial charge in [-0.3, -0.25) is 0 Å². The third-order valence-corrected chi connectivity index (χ3v) is 3.88. The van der Waals surface area contributed by atoms with E-state index in [0.29, 0.717) is 0 Å². The summed E-state index contributed by atoms with van der Waals surface area (Å²) in [5.41, 5.74) is 12.9. The maximum atomic E-state index is 6.38. The van der Waals surface area contributed by atoms with Gasteiger partial charge in [0.2, 0.25) is 0 Å². The summed E-state index contributed by atoms with van der Waals surface area (Å²) in [7, 11) is 2.13. The number of likely N-dealkylation sites (N-methyl/N-ethyl adjacent to an activating group) is 1. The fourth-order valence-corrected chi connectivity index (χ4v) is 2.81. The number of rotatable bonds is 5. The first-order valence-electron chi connectivity index (χ1n) is 7.52. The fourth-order valence-electron chi connectivity index (χ4n) is 2.81. The summed E-state index contributed by atoms with van der Waals surface area (Å²) in [6.07, 6.45) is 0. The summed E-state index contributed by atoms with van der Waals surface area (Å²) in [6.45, 7) is 8.20. The van der Waals surface area contributed by atoms with Gasteiger partial charge in [0.1, 0.15) is 0 Å². The van der Waals surface area contributed by atoms with Crippen LogP contribution in [0.4, 0.5) is 0 Å². The summed E-state index contributed by atoms with van der Waals surface area (Å²) in [4.78, 5) is 2.30. The molecule has 0 heterocycles. The highest BCUT2D eigenvalue weighted by atomic mass is 15.1. The van der Waals surface area contributed by atoms with Gasteiger partial charge in [-0.05, 0) is 44.5 Å². The van der Waals surface area contributed by atoms with Gasteiger partial charge in [0.15, 0.2) is 0 Å². The van der Waals surface area contributed by atoms with Crippen molar-refractivity contribution in [1.82, 2.24) is 4.90 Å². The zero-order valence-electron chi connectivity index (χ0n) is 13.6. The van der Waals surface area contributed by atoms with Crippen LogP contribution in [-0.2, 0) is 6.54 Å². The van der Waals surface area contributed by atoms with Gasteiger partial charge in [-0.15, -0.1) is 0 Å². The molecule has 0 amide bonds. The van der Waals surface area contributed by atoms with Crippen molar-refractivity contribution in [2.24, 2.45) is 5.73 Å². The molecular formula is C19H26N2. The predicted molar refractivity (Wildman–Crippen MR) is 90.4 cm³/mol. The maximum absolute atomic E-state index is 6.38. The van der Waals surface area contributed by atoms with E-state index in [1.165, 1.54) is 27.8 Å². The van der Waals surface area contributed by atoms with Crippen LogP contribution in [-0.4, -0.2) is 18.5 Å². The standard InChI is InChI=1S/C19H26N2/c1-14-9-15(2)11-18(10-14)19(20)13-21(4)12-17-8-6-5-7-16(17)3/h5-11,19H,12-13,20H2,1-4H3. The topological polar surface area (TPSA) is 29.3 Å². The van der Waals surface area contributed by atoms with E-state index in [1.807, 2.05) is 0 Å². The average Bonchev–Trinajstić information content (AvgIpc) is 2.40. The van der Waals surface area contributed by atoms with Crippen LogP contribution in [0.2, 0.25) is 0 Å². The van der Waals surface area contributed by atoms with E-state index in [2.05, 4.69) is 75.2 Å². The highest BCUT2D eigenvalue weighted by Gasteiger charge is 2.11. The smallest absolute Gasteiger partial charge is 0.0424 e. The molecule has 0 fully saturated rings. The van der Waals surface area contributed by atoms with E-state index >= 15 is 0 Å². The predicted octanol–water partition coefficient (Wildman–Crippen LogP) is 3.74. The monoisotopic (exact) mass is 282 g/mol. The number of hydrogen-bond acceptors (Lipinski definition) is 2. The van der Waals surface area contributed by atoms with Crippen molar-refractivity contribution in [2.75, 3.05) is 13.6 Å². The molecule has 1 unspecified atom stereocenters. The van der Waals surface area contributed by atoms with Crippen LogP contribution in [0.1, 0.15) is 33.9 Å². The fraction of sp³-hybridized carbons (Fsp3) is 0.368.